The molecule has 146 valence electrons. The number of carbonyl (C=O) groups excluding carboxylic acids is 2. The van der Waals surface area contributed by atoms with E-state index in [0.717, 1.165) is 25.7 Å². The van der Waals surface area contributed by atoms with Crippen LogP contribution >= 0.6 is 34.8 Å². The first-order chi connectivity index (χ1) is 12.4. The summed E-state index contributed by atoms with van der Waals surface area (Å²) in [5.41, 5.74) is 0. The van der Waals surface area contributed by atoms with Crippen molar-refractivity contribution >= 4 is 46.7 Å². The number of rotatable bonds is 11. The fourth-order valence-electron chi connectivity index (χ4n) is 2.31. The maximum Gasteiger partial charge on any atom is 0.311 e. The van der Waals surface area contributed by atoms with Gasteiger partial charge in [0, 0.05) is 18.9 Å². The van der Waals surface area contributed by atoms with E-state index in [0.29, 0.717) is 18.9 Å². The lowest BCUT2D eigenvalue weighted by molar-refractivity contribution is -0.145. The second kappa shape index (κ2) is 12.4. The van der Waals surface area contributed by atoms with Crippen LogP contribution in [0.3, 0.4) is 0 Å². The van der Waals surface area contributed by atoms with Crippen LogP contribution in [0.1, 0.15) is 58.8 Å². The van der Waals surface area contributed by atoms with E-state index < -0.39 is 5.97 Å². The summed E-state index contributed by atoms with van der Waals surface area (Å²) in [4.78, 5) is 23.6. The van der Waals surface area contributed by atoms with E-state index in [1.165, 1.54) is 12.1 Å². The summed E-state index contributed by atoms with van der Waals surface area (Å²) in [6.07, 6.45) is 4.94. The number of hydrogen-bond acceptors (Lipinski definition) is 4. The number of unbranched alkanes of at least 4 members (excludes halogenated alkanes) is 1. The minimum atomic E-state index is -0.493. The van der Waals surface area contributed by atoms with Crippen LogP contribution in [-0.4, -0.2) is 18.5 Å². The molecule has 0 saturated heterocycles. The number of benzene rings is 1. The van der Waals surface area contributed by atoms with Crippen LogP contribution in [0.2, 0.25) is 15.1 Å². The SMILES string of the molecule is CCCCC(CC)COC(=O)CCCC(=O)Oc1cc(Cl)c(Cl)cc1Cl. The van der Waals surface area contributed by atoms with Gasteiger partial charge in [0.15, 0.2) is 5.75 Å². The third-order valence-corrected chi connectivity index (χ3v) is 5.00. The van der Waals surface area contributed by atoms with Gasteiger partial charge in [-0.2, -0.15) is 0 Å². The fraction of sp³-hybridized carbons (Fsp3) is 0.579. The molecule has 0 fully saturated rings. The monoisotopic (exact) mass is 422 g/mol. The third-order valence-electron chi connectivity index (χ3n) is 3.98. The van der Waals surface area contributed by atoms with Crippen LogP contribution in [0, 0.1) is 5.92 Å². The van der Waals surface area contributed by atoms with E-state index in [4.69, 9.17) is 44.3 Å². The van der Waals surface area contributed by atoms with Crippen LogP contribution in [0.25, 0.3) is 0 Å². The maximum absolute atomic E-state index is 11.9. The Morgan fingerprint density at radius 1 is 0.962 bits per heavy atom. The van der Waals surface area contributed by atoms with E-state index in [-0.39, 0.29) is 39.6 Å². The van der Waals surface area contributed by atoms with Gasteiger partial charge in [0.25, 0.3) is 0 Å². The molecule has 1 aromatic carbocycles. The van der Waals surface area contributed by atoms with Crippen molar-refractivity contribution < 1.29 is 19.1 Å². The van der Waals surface area contributed by atoms with Crippen molar-refractivity contribution in [2.45, 2.75) is 58.8 Å². The van der Waals surface area contributed by atoms with Gasteiger partial charge in [0.1, 0.15) is 0 Å². The first kappa shape index (κ1) is 23.1. The summed E-state index contributed by atoms with van der Waals surface area (Å²) in [5, 5.41) is 0.726. The smallest absolute Gasteiger partial charge is 0.311 e. The Kier molecular flexibility index (Phi) is 11.0. The van der Waals surface area contributed by atoms with Crippen molar-refractivity contribution in [2.24, 2.45) is 5.92 Å². The van der Waals surface area contributed by atoms with Crippen molar-refractivity contribution in [1.82, 2.24) is 0 Å². The molecular formula is C19H25Cl3O4. The van der Waals surface area contributed by atoms with E-state index in [9.17, 15) is 9.59 Å². The van der Waals surface area contributed by atoms with Gasteiger partial charge in [-0.3, -0.25) is 9.59 Å². The molecule has 1 unspecified atom stereocenters. The van der Waals surface area contributed by atoms with Crippen LogP contribution in [0.15, 0.2) is 12.1 Å². The molecule has 0 aliphatic rings. The highest BCUT2D eigenvalue weighted by molar-refractivity contribution is 6.43. The van der Waals surface area contributed by atoms with Crippen LogP contribution in [0.5, 0.6) is 5.75 Å². The van der Waals surface area contributed by atoms with Gasteiger partial charge < -0.3 is 9.47 Å². The largest absolute Gasteiger partial charge is 0.465 e. The molecule has 0 aliphatic heterocycles. The second-order valence-electron chi connectivity index (χ2n) is 6.12. The maximum atomic E-state index is 11.9. The first-order valence-corrected chi connectivity index (χ1v) is 10.0. The molecule has 1 atom stereocenters. The highest BCUT2D eigenvalue weighted by Crippen LogP contribution is 2.34. The predicted molar refractivity (Wildman–Crippen MR) is 105 cm³/mol. The molecule has 0 spiro atoms. The zero-order valence-electron chi connectivity index (χ0n) is 15.2. The molecule has 0 heterocycles. The molecule has 1 rings (SSSR count). The molecule has 7 heteroatoms. The van der Waals surface area contributed by atoms with E-state index in [1.54, 1.807) is 0 Å². The number of carbonyl (C=O) groups is 2. The van der Waals surface area contributed by atoms with Gasteiger partial charge in [0.05, 0.1) is 21.7 Å². The lowest BCUT2D eigenvalue weighted by atomic mass is 10.0. The van der Waals surface area contributed by atoms with Crippen molar-refractivity contribution in [1.29, 1.82) is 0 Å². The lowest BCUT2D eigenvalue weighted by Gasteiger charge is -2.14. The molecule has 0 bridgehead atoms. The Bertz CT molecular complexity index is 605. The van der Waals surface area contributed by atoms with Gasteiger partial charge in [-0.15, -0.1) is 0 Å². The Balaban J connectivity index is 2.31. The van der Waals surface area contributed by atoms with Crippen LogP contribution < -0.4 is 4.74 Å². The highest BCUT2D eigenvalue weighted by Gasteiger charge is 2.14. The molecule has 0 saturated carbocycles. The van der Waals surface area contributed by atoms with Gasteiger partial charge >= 0.3 is 11.9 Å². The normalized spacial score (nSPS) is 11.9. The van der Waals surface area contributed by atoms with Gasteiger partial charge in [-0.05, 0) is 24.8 Å². The molecule has 4 nitrogen and oxygen atoms in total. The average molecular weight is 424 g/mol. The van der Waals surface area contributed by atoms with E-state index >= 15 is 0 Å². The predicted octanol–water partition coefficient (Wildman–Crippen LogP) is 6.48. The van der Waals surface area contributed by atoms with E-state index in [2.05, 4.69) is 13.8 Å². The second-order valence-corrected chi connectivity index (χ2v) is 7.35. The lowest BCUT2D eigenvalue weighted by Crippen LogP contribution is -2.14. The van der Waals surface area contributed by atoms with Crippen LogP contribution in [-0.2, 0) is 14.3 Å². The van der Waals surface area contributed by atoms with Crippen molar-refractivity contribution in [2.75, 3.05) is 6.61 Å². The van der Waals surface area contributed by atoms with E-state index in [1.807, 2.05) is 0 Å². The third kappa shape index (κ3) is 8.61. The minimum absolute atomic E-state index is 0.0821. The molecule has 1 aromatic rings. The molecule has 0 radical (unpaired) electrons. The number of esters is 2. The summed E-state index contributed by atoms with van der Waals surface area (Å²) in [7, 11) is 0. The Morgan fingerprint density at radius 3 is 2.27 bits per heavy atom. The minimum Gasteiger partial charge on any atom is -0.465 e. The average Bonchev–Trinajstić information content (AvgIpc) is 2.60. The molecular weight excluding hydrogens is 399 g/mol. The summed E-state index contributed by atoms with van der Waals surface area (Å²) in [5.74, 6) is -0.233. The van der Waals surface area contributed by atoms with Crippen LogP contribution in [0.4, 0.5) is 0 Å². The first-order valence-electron chi connectivity index (χ1n) is 8.88. The van der Waals surface area contributed by atoms with Crippen molar-refractivity contribution in [3.63, 3.8) is 0 Å². The van der Waals surface area contributed by atoms with Gasteiger partial charge in [0.2, 0.25) is 0 Å². The van der Waals surface area contributed by atoms with Crippen molar-refractivity contribution in [3.8, 4) is 5.75 Å². The quantitative estimate of drug-likeness (QED) is 0.232. The number of halogens is 3. The van der Waals surface area contributed by atoms with Crippen molar-refractivity contribution in [3.05, 3.63) is 27.2 Å². The summed E-state index contributed by atoms with van der Waals surface area (Å²) < 4.78 is 10.5. The Hall–Kier alpha value is -0.970. The molecule has 0 N–H and O–H groups in total. The summed E-state index contributed by atoms with van der Waals surface area (Å²) in [6, 6.07) is 2.80. The topological polar surface area (TPSA) is 52.6 Å². The Morgan fingerprint density at radius 2 is 1.62 bits per heavy atom. The van der Waals surface area contributed by atoms with Gasteiger partial charge in [-0.1, -0.05) is 67.9 Å². The zero-order chi connectivity index (χ0) is 19.5. The molecule has 0 aliphatic carbocycles. The molecule has 0 aromatic heterocycles. The fourth-order valence-corrected chi connectivity index (χ4v) is 2.89. The number of hydrogen-bond donors (Lipinski definition) is 0. The molecule has 26 heavy (non-hydrogen) atoms. The molecule has 0 amide bonds. The van der Waals surface area contributed by atoms with Gasteiger partial charge in [-0.25, -0.2) is 0 Å². The standard InChI is InChI=1S/C19H25Cl3O4/c1-3-5-7-13(4-2)12-25-18(23)8-6-9-19(24)26-17-11-15(21)14(20)10-16(17)22/h10-11,13H,3-9,12H2,1-2H3. The summed E-state index contributed by atoms with van der Waals surface area (Å²) >= 11 is 17.7. The zero-order valence-corrected chi connectivity index (χ0v) is 17.4. The number of ether oxygens (including phenoxy) is 2. The highest BCUT2D eigenvalue weighted by atomic mass is 35.5. The Labute approximate surface area is 170 Å². The summed E-state index contributed by atoms with van der Waals surface area (Å²) in [6.45, 7) is 4.68.